The number of hydrogen-bond acceptors (Lipinski definition) is 4. The van der Waals surface area contributed by atoms with Gasteiger partial charge in [-0.05, 0) is 31.9 Å². The predicted octanol–water partition coefficient (Wildman–Crippen LogP) is 0.603. The monoisotopic (exact) mass is 219 g/mol. The van der Waals surface area contributed by atoms with Crippen molar-refractivity contribution >= 4 is 11.8 Å². The van der Waals surface area contributed by atoms with E-state index in [2.05, 4.69) is 11.6 Å². The predicted molar refractivity (Wildman–Crippen MR) is 60.7 cm³/mol. The van der Waals surface area contributed by atoms with Crippen molar-refractivity contribution in [3.63, 3.8) is 0 Å². The molecule has 1 fully saturated rings. The topological polar surface area (TPSA) is 52.5 Å². The van der Waals surface area contributed by atoms with Gasteiger partial charge in [0.2, 0.25) is 0 Å². The number of aliphatic hydroxyl groups is 2. The van der Waals surface area contributed by atoms with Gasteiger partial charge in [-0.1, -0.05) is 0 Å². The van der Waals surface area contributed by atoms with Crippen molar-refractivity contribution in [3.8, 4) is 0 Å². The Morgan fingerprint density at radius 3 is 2.50 bits per heavy atom. The highest BCUT2D eigenvalue weighted by Crippen LogP contribution is 2.26. The third-order valence-electron chi connectivity index (χ3n) is 2.86. The van der Waals surface area contributed by atoms with Crippen molar-refractivity contribution in [1.29, 1.82) is 0 Å². The molecule has 0 aliphatic heterocycles. The lowest BCUT2D eigenvalue weighted by atomic mass is 9.95. The van der Waals surface area contributed by atoms with Gasteiger partial charge in [-0.2, -0.15) is 11.8 Å². The molecule has 0 aromatic carbocycles. The summed E-state index contributed by atoms with van der Waals surface area (Å²) in [6.45, 7) is 0.373. The number of aliphatic hydroxyl groups excluding tert-OH is 2. The van der Waals surface area contributed by atoms with Crippen molar-refractivity contribution in [2.45, 2.75) is 43.1 Å². The van der Waals surface area contributed by atoms with Gasteiger partial charge in [-0.3, -0.25) is 0 Å². The highest BCUT2D eigenvalue weighted by molar-refractivity contribution is 7.99. The van der Waals surface area contributed by atoms with Crippen molar-refractivity contribution in [2.24, 2.45) is 0 Å². The maximum Gasteiger partial charge on any atom is 0.0895 e. The molecule has 0 spiro atoms. The molecule has 0 aromatic heterocycles. The van der Waals surface area contributed by atoms with Crippen molar-refractivity contribution < 1.29 is 10.2 Å². The third kappa shape index (κ3) is 4.17. The zero-order chi connectivity index (χ0) is 10.4. The standard InChI is InChI=1S/C10H21NO2S/c1-14-10-4-2-8(3-5-10)11-6-9(13)7-12/h8-13H,2-7H2,1H3. The maximum absolute atomic E-state index is 9.17. The van der Waals surface area contributed by atoms with Crippen LogP contribution in [0.15, 0.2) is 0 Å². The van der Waals surface area contributed by atoms with E-state index >= 15 is 0 Å². The summed E-state index contributed by atoms with van der Waals surface area (Å²) in [5.41, 5.74) is 0. The van der Waals surface area contributed by atoms with Crippen LogP contribution < -0.4 is 5.32 Å². The summed E-state index contributed by atoms with van der Waals surface area (Å²) in [6, 6.07) is 0.541. The summed E-state index contributed by atoms with van der Waals surface area (Å²) in [5, 5.41) is 21.9. The van der Waals surface area contributed by atoms with Gasteiger partial charge in [0, 0.05) is 17.8 Å². The molecule has 14 heavy (non-hydrogen) atoms. The molecule has 0 heterocycles. The molecule has 84 valence electrons. The van der Waals surface area contributed by atoms with Gasteiger partial charge in [-0.15, -0.1) is 0 Å². The van der Waals surface area contributed by atoms with Crippen LogP contribution in [0.2, 0.25) is 0 Å². The van der Waals surface area contributed by atoms with E-state index in [1.807, 2.05) is 11.8 Å². The van der Waals surface area contributed by atoms with Gasteiger partial charge in [0.05, 0.1) is 12.7 Å². The van der Waals surface area contributed by atoms with Gasteiger partial charge in [-0.25, -0.2) is 0 Å². The summed E-state index contributed by atoms with van der Waals surface area (Å²) in [4.78, 5) is 0. The van der Waals surface area contributed by atoms with E-state index in [4.69, 9.17) is 5.11 Å². The normalized spacial score (nSPS) is 30.2. The molecule has 1 saturated carbocycles. The van der Waals surface area contributed by atoms with Crippen LogP contribution in [-0.2, 0) is 0 Å². The minimum absolute atomic E-state index is 0.146. The Morgan fingerprint density at radius 2 is 2.00 bits per heavy atom. The Labute approximate surface area is 90.3 Å². The average Bonchev–Trinajstić information content (AvgIpc) is 2.26. The molecular formula is C10H21NO2S. The Kier molecular flexibility index (Phi) is 5.86. The summed E-state index contributed by atoms with van der Waals surface area (Å²) in [7, 11) is 0. The largest absolute Gasteiger partial charge is 0.394 e. The molecule has 3 nitrogen and oxygen atoms in total. The highest BCUT2D eigenvalue weighted by atomic mass is 32.2. The molecule has 1 aliphatic carbocycles. The first kappa shape index (κ1) is 12.3. The van der Waals surface area contributed by atoms with Gasteiger partial charge < -0.3 is 15.5 Å². The zero-order valence-electron chi connectivity index (χ0n) is 8.78. The lowest BCUT2D eigenvalue weighted by molar-refractivity contribution is 0.0904. The molecule has 4 heteroatoms. The lowest BCUT2D eigenvalue weighted by Gasteiger charge is -2.28. The summed E-state index contributed by atoms with van der Waals surface area (Å²) in [5.74, 6) is 0. The van der Waals surface area contributed by atoms with Crippen LogP contribution in [0.4, 0.5) is 0 Å². The van der Waals surface area contributed by atoms with Crippen LogP contribution in [0.5, 0.6) is 0 Å². The molecule has 0 bridgehead atoms. The molecule has 3 N–H and O–H groups in total. The van der Waals surface area contributed by atoms with E-state index in [0.717, 1.165) is 5.25 Å². The molecular weight excluding hydrogens is 198 g/mol. The quantitative estimate of drug-likeness (QED) is 0.634. The smallest absolute Gasteiger partial charge is 0.0895 e. The second-order valence-corrected chi connectivity index (χ2v) is 5.09. The summed E-state index contributed by atoms with van der Waals surface area (Å²) >= 11 is 1.96. The first-order valence-electron chi connectivity index (χ1n) is 5.31. The third-order valence-corrected chi connectivity index (χ3v) is 4.00. The zero-order valence-corrected chi connectivity index (χ0v) is 9.59. The fourth-order valence-electron chi connectivity index (χ4n) is 1.87. The van der Waals surface area contributed by atoms with Gasteiger partial charge in [0.25, 0.3) is 0 Å². The number of rotatable bonds is 5. The number of thioether (sulfide) groups is 1. The molecule has 0 amide bonds. The molecule has 1 rings (SSSR count). The van der Waals surface area contributed by atoms with E-state index in [1.165, 1.54) is 25.7 Å². The second kappa shape index (κ2) is 6.67. The van der Waals surface area contributed by atoms with Crippen molar-refractivity contribution in [1.82, 2.24) is 5.32 Å². The van der Waals surface area contributed by atoms with Gasteiger partial charge in [0.1, 0.15) is 0 Å². The highest BCUT2D eigenvalue weighted by Gasteiger charge is 2.20. The van der Waals surface area contributed by atoms with E-state index in [9.17, 15) is 5.11 Å². The molecule has 0 radical (unpaired) electrons. The Morgan fingerprint density at radius 1 is 1.36 bits per heavy atom. The van der Waals surface area contributed by atoms with Crippen LogP contribution in [0, 0.1) is 0 Å². The molecule has 0 aromatic rings. The van der Waals surface area contributed by atoms with Crippen LogP contribution in [0.25, 0.3) is 0 Å². The number of nitrogens with one attached hydrogen (secondary N) is 1. The van der Waals surface area contributed by atoms with E-state index < -0.39 is 6.10 Å². The van der Waals surface area contributed by atoms with Gasteiger partial charge >= 0.3 is 0 Å². The van der Waals surface area contributed by atoms with Crippen LogP contribution in [0.1, 0.15) is 25.7 Å². The van der Waals surface area contributed by atoms with Crippen molar-refractivity contribution in [3.05, 3.63) is 0 Å². The molecule has 0 saturated heterocycles. The Hall–Kier alpha value is 0.230. The first-order chi connectivity index (χ1) is 6.76. The Bertz CT molecular complexity index is 149. The average molecular weight is 219 g/mol. The fraction of sp³-hybridized carbons (Fsp3) is 1.00. The Balaban J connectivity index is 2.10. The summed E-state index contributed by atoms with van der Waals surface area (Å²) in [6.07, 6.45) is 6.51. The molecule has 1 aliphatic rings. The maximum atomic E-state index is 9.17. The minimum Gasteiger partial charge on any atom is -0.394 e. The minimum atomic E-state index is -0.603. The van der Waals surface area contributed by atoms with E-state index in [-0.39, 0.29) is 6.61 Å². The second-order valence-electron chi connectivity index (χ2n) is 3.95. The first-order valence-corrected chi connectivity index (χ1v) is 6.60. The van der Waals surface area contributed by atoms with Crippen LogP contribution in [0.3, 0.4) is 0 Å². The van der Waals surface area contributed by atoms with E-state index in [0.29, 0.717) is 12.6 Å². The summed E-state index contributed by atoms with van der Waals surface area (Å²) < 4.78 is 0. The molecule has 1 atom stereocenters. The van der Waals surface area contributed by atoms with Crippen molar-refractivity contribution in [2.75, 3.05) is 19.4 Å². The van der Waals surface area contributed by atoms with Crippen LogP contribution >= 0.6 is 11.8 Å². The van der Waals surface area contributed by atoms with E-state index in [1.54, 1.807) is 0 Å². The van der Waals surface area contributed by atoms with Crippen LogP contribution in [-0.4, -0.2) is 47.0 Å². The fourth-order valence-corrected chi connectivity index (χ4v) is 2.61. The van der Waals surface area contributed by atoms with Gasteiger partial charge in [0.15, 0.2) is 0 Å². The SMILES string of the molecule is CSC1CCC(NCC(O)CO)CC1. The lowest BCUT2D eigenvalue weighted by Crippen LogP contribution is -2.39. The number of hydrogen-bond donors (Lipinski definition) is 3. The molecule has 1 unspecified atom stereocenters.